The van der Waals surface area contributed by atoms with Crippen LogP contribution < -0.4 is 15.2 Å². The predicted molar refractivity (Wildman–Crippen MR) is 78.3 cm³/mol. The summed E-state index contributed by atoms with van der Waals surface area (Å²) < 4.78 is 11.5. The molecule has 0 bridgehead atoms. The summed E-state index contributed by atoms with van der Waals surface area (Å²) in [7, 11) is 1.58. The second-order valence-electron chi connectivity index (χ2n) is 4.07. The van der Waals surface area contributed by atoms with Gasteiger partial charge in [0.15, 0.2) is 0 Å². The van der Waals surface area contributed by atoms with Crippen molar-refractivity contribution >= 4 is 21.8 Å². The number of aryl methyl sites for hydroxylation is 1. The van der Waals surface area contributed by atoms with Crippen LogP contribution in [0.2, 0.25) is 0 Å². The molecule has 2 N–H and O–H groups in total. The number of aromatic nitrogens is 1. The first-order valence-corrected chi connectivity index (χ1v) is 6.59. The molecule has 0 aliphatic rings. The van der Waals surface area contributed by atoms with Crippen molar-refractivity contribution in [3.63, 3.8) is 0 Å². The van der Waals surface area contributed by atoms with E-state index in [0.29, 0.717) is 16.0 Å². The number of hydrogen-bond donors (Lipinski definition) is 1. The molecule has 2 aromatic rings. The van der Waals surface area contributed by atoms with Gasteiger partial charge in [-0.05, 0) is 53.2 Å². The lowest BCUT2D eigenvalue weighted by atomic mass is 10.2. The molecule has 0 radical (unpaired) electrons. The van der Waals surface area contributed by atoms with Crippen molar-refractivity contribution in [2.24, 2.45) is 5.73 Å². The highest BCUT2D eigenvalue weighted by Gasteiger charge is 2.14. The number of carbonyl (C=O) groups excluding carboxylic acids is 1. The van der Waals surface area contributed by atoms with Gasteiger partial charge in [0, 0.05) is 5.69 Å². The molecule has 0 saturated carbocycles. The van der Waals surface area contributed by atoms with E-state index >= 15 is 0 Å². The summed E-state index contributed by atoms with van der Waals surface area (Å²) in [6.45, 7) is 1.81. The second kappa shape index (κ2) is 5.92. The fourth-order valence-corrected chi connectivity index (χ4v) is 2.03. The van der Waals surface area contributed by atoms with Crippen LogP contribution in [0.3, 0.4) is 0 Å². The minimum absolute atomic E-state index is 0.184. The number of amides is 1. The molecular weight excluding hydrogens is 324 g/mol. The number of nitrogens with zero attached hydrogens (tertiary/aromatic N) is 1. The number of nitrogens with two attached hydrogens (primary N) is 1. The summed E-state index contributed by atoms with van der Waals surface area (Å²) >= 11 is 3.38. The van der Waals surface area contributed by atoms with Crippen LogP contribution in [-0.2, 0) is 0 Å². The number of primary amides is 1. The molecule has 0 saturated heterocycles. The molecule has 1 aromatic heterocycles. The van der Waals surface area contributed by atoms with E-state index in [-0.39, 0.29) is 11.4 Å². The van der Waals surface area contributed by atoms with Gasteiger partial charge in [0.1, 0.15) is 17.1 Å². The number of ether oxygens (including phenoxy) is 2. The Morgan fingerprint density at radius 3 is 2.65 bits per heavy atom. The highest BCUT2D eigenvalue weighted by atomic mass is 79.9. The molecule has 6 heteroatoms. The molecule has 104 valence electrons. The first-order chi connectivity index (χ1) is 9.51. The van der Waals surface area contributed by atoms with Gasteiger partial charge in [-0.2, -0.15) is 0 Å². The molecule has 20 heavy (non-hydrogen) atoms. The number of halogens is 1. The number of pyridine rings is 1. The normalized spacial score (nSPS) is 10.2. The van der Waals surface area contributed by atoms with Crippen molar-refractivity contribution in [1.82, 2.24) is 4.98 Å². The largest absolute Gasteiger partial charge is 0.497 e. The molecule has 0 spiro atoms. The molecule has 5 nitrogen and oxygen atoms in total. The van der Waals surface area contributed by atoms with Crippen molar-refractivity contribution < 1.29 is 14.3 Å². The fraction of sp³-hybridized carbons (Fsp3) is 0.143. The van der Waals surface area contributed by atoms with E-state index in [4.69, 9.17) is 15.2 Å². The maximum atomic E-state index is 11.4. The lowest BCUT2D eigenvalue weighted by Gasteiger charge is -2.11. The second-order valence-corrected chi connectivity index (χ2v) is 4.92. The molecule has 1 amide bonds. The fourth-order valence-electron chi connectivity index (χ4n) is 1.59. The molecule has 1 aromatic carbocycles. The van der Waals surface area contributed by atoms with Crippen LogP contribution in [-0.4, -0.2) is 18.0 Å². The van der Waals surface area contributed by atoms with Crippen molar-refractivity contribution in [2.75, 3.05) is 7.11 Å². The van der Waals surface area contributed by atoms with Crippen LogP contribution in [0.25, 0.3) is 0 Å². The van der Waals surface area contributed by atoms with Crippen LogP contribution in [0.15, 0.2) is 34.8 Å². The lowest BCUT2D eigenvalue weighted by molar-refractivity contribution is 0.0997. The highest BCUT2D eigenvalue weighted by Crippen LogP contribution is 2.33. The third-order valence-corrected chi connectivity index (χ3v) is 3.23. The third-order valence-electron chi connectivity index (χ3n) is 2.61. The summed E-state index contributed by atoms with van der Waals surface area (Å²) in [5.41, 5.74) is 6.28. The number of carbonyl (C=O) groups is 1. The first kappa shape index (κ1) is 14.3. The summed E-state index contributed by atoms with van der Waals surface area (Å²) in [6.07, 6.45) is 0. The molecular formula is C14H13BrN2O3. The Bertz CT molecular complexity index is 659. The van der Waals surface area contributed by atoms with Gasteiger partial charge in [-0.15, -0.1) is 0 Å². The Hall–Kier alpha value is -2.08. The van der Waals surface area contributed by atoms with E-state index in [9.17, 15) is 4.79 Å². The minimum Gasteiger partial charge on any atom is -0.497 e. The topological polar surface area (TPSA) is 74.4 Å². The molecule has 0 fully saturated rings. The lowest BCUT2D eigenvalue weighted by Crippen LogP contribution is -2.13. The third kappa shape index (κ3) is 3.08. The smallest absolute Gasteiger partial charge is 0.254 e. The van der Waals surface area contributed by atoms with Gasteiger partial charge in [0.2, 0.25) is 5.88 Å². The zero-order valence-electron chi connectivity index (χ0n) is 11.0. The van der Waals surface area contributed by atoms with E-state index in [1.807, 2.05) is 0 Å². The van der Waals surface area contributed by atoms with E-state index in [0.717, 1.165) is 5.69 Å². The molecule has 2 rings (SSSR count). The molecule has 0 aliphatic heterocycles. The van der Waals surface area contributed by atoms with Gasteiger partial charge in [-0.3, -0.25) is 4.79 Å². The zero-order valence-corrected chi connectivity index (χ0v) is 12.6. The molecule has 1 heterocycles. The average molecular weight is 337 g/mol. The SMILES string of the molecule is COc1ccc(Oc2nc(C)ccc2C(N)=O)c(Br)c1. The predicted octanol–water partition coefficient (Wildman–Crippen LogP) is 3.05. The van der Waals surface area contributed by atoms with Crippen LogP contribution >= 0.6 is 15.9 Å². The highest BCUT2D eigenvalue weighted by molar-refractivity contribution is 9.10. The van der Waals surface area contributed by atoms with Gasteiger partial charge < -0.3 is 15.2 Å². The van der Waals surface area contributed by atoms with Crippen molar-refractivity contribution in [3.8, 4) is 17.4 Å². The Morgan fingerprint density at radius 1 is 1.30 bits per heavy atom. The van der Waals surface area contributed by atoms with Gasteiger partial charge in [0.05, 0.1) is 11.6 Å². The van der Waals surface area contributed by atoms with Crippen LogP contribution in [0, 0.1) is 6.92 Å². The number of methoxy groups -OCH3 is 1. The number of rotatable bonds is 4. The van der Waals surface area contributed by atoms with E-state index in [2.05, 4.69) is 20.9 Å². The Labute approximate surface area is 124 Å². The Kier molecular flexibility index (Phi) is 4.24. The monoisotopic (exact) mass is 336 g/mol. The standard InChI is InChI=1S/C14H13BrN2O3/c1-8-3-5-10(13(16)18)14(17-8)20-12-6-4-9(19-2)7-11(12)15/h3-7H,1-2H3,(H2,16,18). The van der Waals surface area contributed by atoms with Gasteiger partial charge in [-0.25, -0.2) is 4.98 Å². The average Bonchev–Trinajstić information content (AvgIpc) is 2.40. The van der Waals surface area contributed by atoms with E-state index in [1.54, 1.807) is 44.4 Å². The quantitative estimate of drug-likeness (QED) is 0.930. The van der Waals surface area contributed by atoms with Gasteiger partial charge >= 0.3 is 0 Å². The van der Waals surface area contributed by atoms with E-state index in [1.165, 1.54) is 0 Å². The maximum Gasteiger partial charge on any atom is 0.254 e. The zero-order chi connectivity index (χ0) is 14.7. The van der Waals surface area contributed by atoms with Crippen LogP contribution in [0.4, 0.5) is 0 Å². The van der Waals surface area contributed by atoms with Crippen LogP contribution in [0.1, 0.15) is 16.1 Å². The van der Waals surface area contributed by atoms with Crippen molar-refractivity contribution in [2.45, 2.75) is 6.92 Å². The summed E-state index contributed by atoms with van der Waals surface area (Å²) in [5.74, 6) is 0.809. The number of hydrogen-bond acceptors (Lipinski definition) is 4. The molecule has 0 aliphatic carbocycles. The molecule has 0 unspecified atom stereocenters. The summed E-state index contributed by atoms with van der Waals surface area (Å²) in [4.78, 5) is 15.6. The van der Waals surface area contributed by atoms with Gasteiger partial charge in [0.25, 0.3) is 5.91 Å². The van der Waals surface area contributed by atoms with E-state index < -0.39 is 5.91 Å². The minimum atomic E-state index is -0.586. The van der Waals surface area contributed by atoms with Crippen LogP contribution in [0.5, 0.6) is 17.4 Å². The summed E-state index contributed by atoms with van der Waals surface area (Å²) in [6, 6.07) is 8.53. The van der Waals surface area contributed by atoms with Crippen molar-refractivity contribution in [3.05, 3.63) is 46.1 Å². The first-order valence-electron chi connectivity index (χ1n) is 5.80. The molecule has 0 atom stereocenters. The summed E-state index contributed by atoms with van der Waals surface area (Å²) in [5, 5.41) is 0. The number of benzene rings is 1. The maximum absolute atomic E-state index is 11.4. The Morgan fingerprint density at radius 2 is 2.05 bits per heavy atom. The Balaban J connectivity index is 2.39. The van der Waals surface area contributed by atoms with Gasteiger partial charge in [-0.1, -0.05) is 0 Å². The van der Waals surface area contributed by atoms with Crippen molar-refractivity contribution in [1.29, 1.82) is 0 Å².